The number of carbonyl (C=O) groups excluding carboxylic acids is 1. The summed E-state index contributed by atoms with van der Waals surface area (Å²) >= 11 is 0. The molecular formula is C26H29N5O4. The number of nitrogens with one attached hydrogen (secondary N) is 1. The van der Waals surface area contributed by atoms with Crippen LogP contribution < -0.4 is 19.5 Å². The molecule has 3 saturated heterocycles. The lowest BCUT2D eigenvalue weighted by Gasteiger charge is -2.49. The quantitative estimate of drug-likeness (QED) is 0.562. The van der Waals surface area contributed by atoms with Gasteiger partial charge in [0.1, 0.15) is 11.4 Å². The number of piperidine rings is 3. The zero-order valence-electron chi connectivity index (χ0n) is 19.7. The number of ether oxygens (including phenoxy) is 3. The normalized spacial score (nSPS) is 24.4. The maximum atomic E-state index is 13.0. The summed E-state index contributed by atoms with van der Waals surface area (Å²) in [4.78, 5) is 15.5. The van der Waals surface area contributed by atoms with E-state index in [0.717, 1.165) is 66.5 Å². The van der Waals surface area contributed by atoms with Gasteiger partial charge in [-0.25, -0.2) is 0 Å². The van der Waals surface area contributed by atoms with Crippen molar-refractivity contribution in [1.82, 2.24) is 25.2 Å². The third-order valence-electron chi connectivity index (χ3n) is 7.44. The van der Waals surface area contributed by atoms with Gasteiger partial charge in [-0.2, -0.15) is 0 Å². The maximum Gasteiger partial charge on any atom is 0.231 e. The van der Waals surface area contributed by atoms with Crippen LogP contribution in [0.3, 0.4) is 0 Å². The summed E-state index contributed by atoms with van der Waals surface area (Å²) in [6.45, 7) is 3.35. The summed E-state index contributed by atoms with van der Waals surface area (Å²) in [5.41, 5.74) is 2.88. The average Bonchev–Trinajstić information content (AvgIpc) is 3.57. The van der Waals surface area contributed by atoms with Gasteiger partial charge in [-0.05, 0) is 67.3 Å². The Morgan fingerprint density at radius 1 is 1.17 bits per heavy atom. The van der Waals surface area contributed by atoms with Gasteiger partial charge in [0.05, 0.1) is 25.8 Å². The highest BCUT2D eigenvalue weighted by Gasteiger charge is 2.43. The van der Waals surface area contributed by atoms with Crippen LogP contribution in [0.25, 0.3) is 11.3 Å². The van der Waals surface area contributed by atoms with E-state index in [1.165, 1.54) is 0 Å². The second-order valence-corrected chi connectivity index (χ2v) is 9.50. The molecule has 4 aliphatic rings. The van der Waals surface area contributed by atoms with Gasteiger partial charge in [0.2, 0.25) is 12.7 Å². The van der Waals surface area contributed by atoms with Crippen molar-refractivity contribution in [3.63, 3.8) is 0 Å². The Kier molecular flexibility index (Phi) is 5.77. The Bertz CT molecular complexity index is 1210. The van der Waals surface area contributed by atoms with Crippen LogP contribution in [-0.4, -0.2) is 58.8 Å². The SMILES string of the molecule is COc1ccc(-c2cn(CC3CC4CCN3CC4C(=O)NCc3ccc4c(c3)OCO4)nn2)cc1. The molecule has 9 nitrogen and oxygen atoms in total. The topological polar surface area (TPSA) is 90.7 Å². The fraction of sp³-hybridized carbons (Fsp3) is 0.423. The Morgan fingerprint density at radius 2 is 2.03 bits per heavy atom. The predicted octanol–water partition coefficient (Wildman–Crippen LogP) is 2.71. The zero-order valence-corrected chi connectivity index (χ0v) is 19.7. The van der Waals surface area contributed by atoms with Crippen LogP contribution in [0.15, 0.2) is 48.7 Å². The van der Waals surface area contributed by atoms with Gasteiger partial charge in [0.25, 0.3) is 0 Å². The third kappa shape index (κ3) is 4.43. The number of nitrogens with zero attached hydrogens (tertiary/aromatic N) is 4. The molecule has 0 radical (unpaired) electrons. The number of hydrogen-bond donors (Lipinski definition) is 1. The monoisotopic (exact) mass is 475 g/mol. The Labute approximate surface area is 204 Å². The van der Waals surface area contributed by atoms with Crippen molar-refractivity contribution in [3.8, 4) is 28.5 Å². The number of amides is 1. The van der Waals surface area contributed by atoms with E-state index in [1.807, 2.05) is 53.3 Å². The number of hydrogen-bond acceptors (Lipinski definition) is 7. The Hall–Kier alpha value is -3.59. The van der Waals surface area contributed by atoms with Crippen molar-refractivity contribution in [2.24, 2.45) is 11.8 Å². The summed E-state index contributed by atoms with van der Waals surface area (Å²) in [6, 6.07) is 14.0. The van der Waals surface area contributed by atoms with Crippen molar-refractivity contribution >= 4 is 5.91 Å². The molecule has 0 saturated carbocycles. The second kappa shape index (κ2) is 9.22. The first-order valence-electron chi connectivity index (χ1n) is 12.1. The smallest absolute Gasteiger partial charge is 0.231 e. The molecule has 4 atom stereocenters. The zero-order chi connectivity index (χ0) is 23.8. The highest BCUT2D eigenvalue weighted by molar-refractivity contribution is 5.79. The second-order valence-electron chi connectivity index (χ2n) is 9.50. The van der Waals surface area contributed by atoms with Crippen LogP contribution in [-0.2, 0) is 17.9 Å². The Balaban J connectivity index is 1.05. The van der Waals surface area contributed by atoms with Crippen molar-refractivity contribution in [2.45, 2.75) is 32.0 Å². The Morgan fingerprint density at radius 3 is 2.83 bits per heavy atom. The van der Waals surface area contributed by atoms with Gasteiger partial charge in [-0.3, -0.25) is 14.4 Å². The molecule has 5 heterocycles. The number of aromatic nitrogens is 3. The molecule has 4 unspecified atom stereocenters. The minimum atomic E-state index is 0.0274. The molecule has 2 bridgehead atoms. The standard InChI is InChI=1S/C26H29N5O4/c1-33-21-5-3-18(4-6-21)23-15-31(29-28-23)13-20-11-19-8-9-30(20)14-22(19)26(32)27-12-17-2-7-24-25(10-17)35-16-34-24/h2-7,10,15,19-20,22H,8-9,11-14,16H2,1H3,(H,27,32). The predicted molar refractivity (Wildman–Crippen MR) is 128 cm³/mol. The highest BCUT2D eigenvalue weighted by atomic mass is 16.7. The van der Waals surface area contributed by atoms with E-state index >= 15 is 0 Å². The van der Waals surface area contributed by atoms with Gasteiger partial charge in [-0.1, -0.05) is 11.3 Å². The molecule has 3 aromatic rings. The molecule has 0 spiro atoms. The number of methoxy groups -OCH3 is 1. The summed E-state index contributed by atoms with van der Waals surface area (Å²) in [7, 11) is 1.66. The van der Waals surface area contributed by atoms with E-state index in [0.29, 0.717) is 18.5 Å². The van der Waals surface area contributed by atoms with E-state index < -0.39 is 0 Å². The summed E-state index contributed by atoms with van der Waals surface area (Å²) in [5, 5.41) is 11.9. The molecule has 35 heavy (non-hydrogen) atoms. The molecule has 1 N–H and O–H groups in total. The lowest BCUT2D eigenvalue weighted by Crippen LogP contribution is -2.57. The van der Waals surface area contributed by atoms with Gasteiger partial charge in [-0.15, -0.1) is 5.10 Å². The lowest BCUT2D eigenvalue weighted by atomic mass is 9.75. The molecule has 0 aliphatic carbocycles. The van der Waals surface area contributed by atoms with E-state index in [1.54, 1.807) is 7.11 Å². The molecule has 9 heteroatoms. The largest absolute Gasteiger partial charge is 0.497 e. The third-order valence-corrected chi connectivity index (χ3v) is 7.44. The van der Waals surface area contributed by atoms with Crippen LogP contribution in [0.4, 0.5) is 0 Å². The van der Waals surface area contributed by atoms with Gasteiger partial charge < -0.3 is 19.5 Å². The van der Waals surface area contributed by atoms with Gasteiger partial charge in [0, 0.05) is 24.7 Å². The van der Waals surface area contributed by atoms with Gasteiger partial charge in [0.15, 0.2) is 11.5 Å². The fourth-order valence-electron chi connectivity index (χ4n) is 5.49. The van der Waals surface area contributed by atoms with E-state index in [9.17, 15) is 4.79 Å². The van der Waals surface area contributed by atoms with E-state index in [2.05, 4.69) is 20.5 Å². The van der Waals surface area contributed by atoms with Crippen LogP contribution in [0.1, 0.15) is 18.4 Å². The fourth-order valence-corrected chi connectivity index (χ4v) is 5.49. The first-order chi connectivity index (χ1) is 17.2. The van der Waals surface area contributed by atoms with Crippen molar-refractivity contribution in [1.29, 1.82) is 0 Å². The minimum Gasteiger partial charge on any atom is -0.497 e. The number of benzene rings is 2. The lowest BCUT2D eigenvalue weighted by molar-refractivity contribution is -0.133. The highest BCUT2D eigenvalue weighted by Crippen LogP contribution is 2.37. The van der Waals surface area contributed by atoms with Crippen LogP contribution in [0.2, 0.25) is 0 Å². The maximum absolute atomic E-state index is 13.0. The minimum absolute atomic E-state index is 0.0274. The van der Waals surface area contributed by atoms with Crippen LogP contribution in [0, 0.1) is 11.8 Å². The van der Waals surface area contributed by atoms with E-state index in [4.69, 9.17) is 14.2 Å². The molecule has 2 aromatic carbocycles. The molecule has 3 fully saturated rings. The first kappa shape index (κ1) is 21.9. The molecule has 182 valence electrons. The molecule has 4 aliphatic heterocycles. The first-order valence-corrected chi connectivity index (χ1v) is 12.1. The number of carbonyl (C=O) groups is 1. The van der Waals surface area contributed by atoms with Crippen LogP contribution >= 0.6 is 0 Å². The molecule has 7 rings (SSSR count). The number of rotatable bonds is 7. The van der Waals surface area contributed by atoms with Gasteiger partial charge >= 0.3 is 0 Å². The van der Waals surface area contributed by atoms with E-state index in [-0.39, 0.29) is 18.6 Å². The summed E-state index contributed by atoms with van der Waals surface area (Å²) < 4.78 is 18.0. The molecule has 1 aromatic heterocycles. The summed E-state index contributed by atoms with van der Waals surface area (Å²) in [6.07, 6.45) is 4.06. The van der Waals surface area contributed by atoms with Crippen LogP contribution in [0.5, 0.6) is 17.2 Å². The van der Waals surface area contributed by atoms with Crippen molar-refractivity contribution in [2.75, 3.05) is 27.0 Å². The molecular weight excluding hydrogens is 446 g/mol. The molecule has 1 amide bonds. The average molecular weight is 476 g/mol. The van der Waals surface area contributed by atoms with Crippen molar-refractivity contribution < 1.29 is 19.0 Å². The number of fused-ring (bicyclic) bond motifs is 4. The van der Waals surface area contributed by atoms with Crippen molar-refractivity contribution in [3.05, 3.63) is 54.2 Å². The summed E-state index contributed by atoms with van der Waals surface area (Å²) in [5.74, 6) is 2.88.